The predicted octanol–water partition coefficient (Wildman–Crippen LogP) is 6.71. The topological polar surface area (TPSA) is 113 Å². The van der Waals surface area contributed by atoms with Crippen LogP contribution in [0.4, 0.5) is 0 Å². The number of aryl methyl sites for hydroxylation is 1. The number of nitrogens with zero attached hydrogens (tertiary/aromatic N) is 1. The predicted molar refractivity (Wildman–Crippen MR) is 171 cm³/mol. The molecule has 4 rings (SSSR count). The summed E-state index contributed by atoms with van der Waals surface area (Å²) in [7, 11) is 1.68. The van der Waals surface area contributed by atoms with Crippen molar-refractivity contribution in [1.82, 2.24) is 4.98 Å². The van der Waals surface area contributed by atoms with E-state index in [1.54, 1.807) is 13.4 Å². The first kappa shape index (κ1) is 34.9. The Morgan fingerprint density at radius 1 is 1.27 bits per heavy atom. The van der Waals surface area contributed by atoms with Crippen LogP contribution in [0.5, 0.6) is 0 Å². The normalized spacial score (nSPS) is 31.5. The van der Waals surface area contributed by atoms with Gasteiger partial charge in [-0.3, -0.25) is 9.59 Å². The van der Waals surface area contributed by atoms with Gasteiger partial charge >= 0.3 is 5.97 Å². The third-order valence-corrected chi connectivity index (χ3v) is 9.48. The fraction of sp³-hybridized carbons (Fsp3) is 0.639. The van der Waals surface area contributed by atoms with Crippen LogP contribution < -0.4 is 0 Å². The van der Waals surface area contributed by atoms with Crippen molar-refractivity contribution in [2.24, 2.45) is 17.8 Å². The van der Waals surface area contributed by atoms with Gasteiger partial charge in [0, 0.05) is 32.3 Å². The molecule has 2 unspecified atom stereocenters. The number of oxazole rings is 1. The van der Waals surface area contributed by atoms with Crippen molar-refractivity contribution in [3.8, 4) is 0 Å². The summed E-state index contributed by atoms with van der Waals surface area (Å²) in [4.78, 5) is 28.0. The summed E-state index contributed by atoms with van der Waals surface area (Å²) in [6.45, 7) is 14.7. The van der Waals surface area contributed by atoms with Crippen LogP contribution in [0.1, 0.15) is 85.2 Å². The molecule has 0 radical (unpaired) electrons. The Labute approximate surface area is 268 Å². The van der Waals surface area contributed by atoms with Crippen LogP contribution >= 0.6 is 0 Å². The Morgan fingerprint density at radius 3 is 2.67 bits per heavy atom. The first-order chi connectivity index (χ1) is 21.4. The number of allylic oxidation sites excluding steroid dienone is 4. The number of carbonyl (C=O) groups is 2. The van der Waals surface area contributed by atoms with E-state index in [1.165, 1.54) is 0 Å². The van der Waals surface area contributed by atoms with E-state index in [1.807, 2.05) is 52.0 Å². The minimum atomic E-state index is -0.339. The van der Waals surface area contributed by atoms with Crippen LogP contribution in [0.2, 0.25) is 0 Å². The number of hydrogen-bond donors (Lipinski definition) is 0. The van der Waals surface area contributed by atoms with Gasteiger partial charge < -0.3 is 28.1 Å². The molecule has 0 spiro atoms. The molecule has 0 aromatic carbocycles. The lowest BCUT2D eigenvalue weighted by Crippen LogP contribution is -2.34. The van der Waals surface area contributed by atoms with Crippen molar-refractivity contribution in [3.05, 3.63) is 59.4 Å². The maximum Gasteiger partial charge on any atom is 0.306 e. The second-order valence-corrected chi connectivity index (χ2v) is 13.3. The smallest absolute Gasteiger partial charge is 0.306 e. The van der Waals surface area contributed by atoms with Crippen molar-refractivity contribution in [3.63, 3.8) is 0 Å². The summed E-state index contributed by atoms with van der Waals surface area (Å²) < 4.78 is 34.1. The van der Waals surface area contributed by atoms with E-state index >= 15 is 0 Å². The third kappa shape index (κ3) is 9.99. The van der Waals surface area contributed by atoms with Crippen LogP contribution in [0.25, 0.3) is 6.08 Å². The van der Waals surface area contributed by atoms with Gasteiger partial charge in [-0.15, -0.1) is 0 Å². The van der Waals surface area contributed by atoms with Crippen molar-refractivity contribution in [2.45, 2.75) is 123 Å². The minimum Gasteiger partial charge on any atom is -0.464 e. The SMILES string of the molecule is CO[C@@H](/C(C)=C/C=C/C(C)=C/c1coc(C)n1)[C@@H](C)[C@H](CC[C@]1(C)O[C@@H]1/C=C/C(C)C1C[C@@H](C[C@H]2O[C@H]2C)CC(=O)O1)OC=O. The molecule has 0 amide bonds. The van der Waals surface area contributed by atoms with Gasteiger partial charge in [0.05, 0.1) is 23.9 Å². The van der Waals surface area contributed by atoms with Crippen LogP contribution in [0, 0.1) is 24.7 Å². The van der Waals surface area contributed by atoms with Crippen LogP contribution in [-0.4, -0.2) is 66.8 Å². The number of aromatic nitrogens is 1. The van der Waals surface area contributed by atoms with Crippen LogP contribution in [0.3, 0.4) is 0 Å². The molecule has 9 heteroatoms. The Hall–Kier alpha value is -3.01. The number of epoxide rings is 2. The molecule has 3 saturated heterocycles. The van der Waals surface area contributed by atoms with Crippen LogP contribution in [-0.2, 0) is 33.3 Å². The zero-order chi connectivity index (χ0) is 32.7. The maximum absolute atomic E-state index is 12.3. The monoisotopic (exact) mass is 625 g/mol. The van der Waals surface area contributed by atoms with E-state index in [9.17, 15) is 9.59 Å². The molecule has 248 valence electrons. The summed E-state index contributed by atoms with van der Waals surface area (Å²) in [6.07, 6.45) is 17.3. The van der Waals surface area contributed by atoms with Crippen molar-refractivity contribution < 1.29 is 37.7 Å². The number of methoxy groups -OCH3 is 1. The van der Waals surface area contributed by atoms with E-state index in [0.717, 1.165) is 36.1 Å². The van der Waals surface area contributed by atoms with E-state index < -0.39 is 0 Å². The van der Waals surface area contributed by atoms with Crippen molar-refractivity contribution in [1.29, 1.82) is 0 Å². The lowest BCUT2D eigenvalue weighted by Gasteiger charge is -2.31. The molecule has 10 atom stereocenters. The molecule has 3 fully saturated rings. The first-order valence-electron chi connectivity index (χ1n) is 16.2. The van der Waals surface area contributed by atoms with Gasteiger partial charge in [-0.25, -0.2) is 4.98 Å². The molecule has 0 bridgehead atoms. The highest BCUT2D eigenvalue weighted by Crippen LogP contribution is 2.43. The third-order valence-electron chi connectivity index (χ3n) is 9.48. The highest BCUT2D eigenvalue weighted by molar-refractivity contribution is 5.70. The molecule has 45 heavy (non-hydrogen) atoms. The van der Waals surface area contributed by atoms with Crippen molar-refractivity contribution >= 4 is 18.5 Å². The molecule has 1 aromatic rings. The Bertz CT molecular complexity index is 1280. The summed E-state index contributed by atoms with van der Waals surface area (Å²) in [5, 5.41) is 0. The van der Waals surface area contributed by atoms with E-state index in [4.69, 9.17) is 28.1 Å². The molecule has 3 aliphatic rings. The fourth-order valence-electron chi connectivity index (χ4n) is 6.46. The first-order valence-corrected chi connectivity index (χ1v) is 16.2. The number of carbonyl (C=O) groups excluding carboxylic acids is 2. The van der Waals surface area contributed by atoms with Gasteiger partial charge in [-0.2, -0.15) is 0 Å². The zero-order valence-corrected chi connectivity index (χ0v) is 28.1. The number of ether oxygens (including phenoxy) is 5. The van der Waals surface area contributed by atoms with Gasteiger partial charge in [-0.05, 0) is 76.5 Å². The minimum absolute atomic E-state index is 0.0367. The standard InChI is InChI=1S/C36H51NO8/c1-22(16-29-20-41-27(6)37-29)10-9-11-24(3)35(40-8)25(4)30(42-21-38)14-15-36(7)33(45-36)13-12-23(2)31-17-28(19-34(39)44-31)18-32-26(5)43-32/h9-13,16,20-21,23,25-26,28,30-33,35H,14-15,17-19H2,1-8H3/b10-9+,13-12+,22-16+,24-11+/t23?,25-,26-,28-,30-,31?,32+,33+,35-,36-/m0/s1. The van der Waals surface area contributed by atoms with Crippen LogP contribution in [0.15, 0.2) is 52.2 Å². The second-order valence-electron chi connectivity index (χ2n) is 13.3. The molecule has 9 nitrogen and oxygen atoms in total. The quantitative estimate of drug-likeness (QED) is 0.0613. The number of cyclic esters (lactones) is 1. The van der Waals surface area contributed by atoms with E-state index in [-0.39, 0.29) is 53.9 Å². The molecule has 1 aromatic heterocycles. The van der Waals surface area contributed by atoms with E-state index in [0.29, 0.717) is 37.2 Å². The van der Waals surface area contributed by atoms with Gasteiger partial charge in [0.1, 0.15) is 30.3 Å². The Morgan fingerprint density at radius 2 is 2.02 bits per heavy atom. The summed E-state index contributed by atoms with van der Waals surface area (Å²) in [5.41, 5.74) is 2.51. The molecule has 4 heterocycles. The molecular formula is C36H51NO8. The van der Waals surface area contributed by atoms with Gasteiger partial charge in [0.25, 0.3) is 6.47 Å². The molecule has 3 aliphatic heterocycles. The average molecular weight is 626 g/mol. The number of rotatable bonds is 17. The van der Waals surface area contributed by atoms with Gasteiger partial charge in [0.2, 0.25) is 0 Å². The summed E-state index contributed by atoms with van der Waals surface area (Å²) in [5.74, 6) is 0.837. The van der Waals surface area contributed by atoms with Gasteiger partial charge in [0.15, 0.2) is 5.89 Å². The number of esters is 1. The molecular weight excluding hydrogens is 574 g/mol. The lowest BCUT2D eigenvalue weighted by molar-refractivity contribution is -0.159. The van der Waals surface area contributed by atoms with Crippen molar-refractivity contribution in [2.75, 3.05) is 7.11 Å². The highest BCUT2D eigenvalue weighted by atomic mass is 16.6. The zero-order valence-electron chi connectivity index (χ0n) is 28.1. The second kappa shape index (κ2) is 15.5. The molecule has 0 saturated carbocycles. The molecule has 0 aliphatic carbocycles. The summed E-state index contributed by atoms with van der Waals surface area (Å²) in [6, 6.07) is 0. The number of hydrogen-bond acceptors (Lipinski definition) is 9. The maximum atomic E-state index is 12.3. The highest BCUT2D eigenvalue weighted by Gasteiger charge is 2.51. The summed E-state index contributed by atoms with van der Waals surface area (Å²) >= 11 is 0. The molecule has 0 N–H and O–H groups in total. The largest absolute Gasteiger partial charge is 0.464 e. The Kier molecular flexibility index (Phi) is 12.0. The van der Waals surface area contributed by atoms with E-state index in [2.05, 4.69) is 37.9 Å². The fourth-order valence-corrected chi connectivity index (χ4v) is 6.46. The average Bonchev–Trinajstić information content (AvgIpc) is 3.81. The van der Waals surface area contributed by atoms with Gasteiger partial charge in [-0.1, -0.05) is 44.2 Å². The Balaban J connectivity index is 1.28. The lowest BCUT2D eigenvalue weighted by atomic mass is 9.85.